The Labute approximate surface area is 205 Å². The Kier molecular flexibility index (Phi) is 7.48. The van der Waals surface area contributed by atoms with Gasteiger partial charge in [0.2, 0.25) is 5.91 Å². The number of hydrogen-bond donors (Lipinski definition) is 0. The Balaban J connectivity index is 1.62. The van der Waals surface area contributed by atoms with Crippen molar-refractivity contribution in [1.29, 1.82) is 0 Å². The minimum Gasteiger partial charge on any atom is -0.497 e. The van der Waals surface area contributed by atoms with Crippen LogP contribution in [0.5, 0.6) is 5.75 Å². The summed E-state index contributed by atoms with van der Waals surface area (Å²) in [4.78, 5) is 19.9. The van der Waals surface area contributed by atoms with E-state index in [0.717, 1.165) is 39.2 Å². The summed E-state index contributed by atoms with van der Waals surface area (Å²) in [5, 5.41) is 1.76. The van der Waals surface area contributed by atoms with Gasteiger partial charge in [0.1, 0.15) is 5.75 Å². The molecule has 0 radical (unpaired) electrons. The van der Waals surface area contributed by atoms with Crippen LogP contribution >= 0.6 is 11.8 Å². The van der Waals surface area contributed by atoms with E-state index in [1.807, 2.05) is 56.3 Å². The highest BCUT2D eigenvalue weighted by Gasteiger charge is 2.36. The highest BCUT2D eigenvalue weighted by Crippen LogP contribution is 2.34. The molecule has 0 N–H and O–H groups in total. The number of sulfone groups is 1. The van der Waals surface area contributed by atoms with Gasteiger partial charge in [0.25, 0.3) is 0 Å². The average molecular weight is 499 g/mol. The maximum atomic E-state index is 13.3. The number of hydrogen-bond acceptors (Lipinski definition) is 6. The number of carbonyl (C=O) groups excluding carboxylic acids is 1. The second kappa shape index (κ2) is 10.4. The number of benzene rings is 2. The zero-order valence-electron chi connectivity index (χ0n) is 19.7. The molecule has 1 fully saturated rings. The molecule has 0 bridgehead atoms. The van der Waals surface area contributed by atoms with Gasteiger partial charge < -0.3 is 9.64 Å². The lowest BCUT2D eigenvalue weighted by atomic mass is 10.0. The van der Waals surface area contributed by atoms with E-state index in [1.165, 1.54) is 11.8 Å². The van der Waals surface area contributed by atoms with Crippen molar-refractivity contribution in [3.05, 3.63) is 54.6 Å². The number of rotatable bonds is 8. The van der Waals surface area contributed by atoms with Gasteiger partial charge in [-0.3, -0.25) is 4.79 Å². The normalized spacial score (nSPS) is 18.0. The van der Waals surface area contributed by atoms with E-state index >= 15 is 0 Å². The van der Waals surface area contributed by atoms with Gasteiger partial charge in [-0.2, -0.15) is 0 Å². The molecule has 1 saturated heterocycles. The van der Waals surface area contributed by atoms with Crippen molar-refractivity contribution >= 4 is 38.4 Å². The minimum absolute atomic E-state index is 0.0138. The van der Waals surface area contributed by atoms with Crippen LogP contribution in [0, 0.1) is 0 Å². The van der Waals surface area contributed by atoms with Crippen molar-refractivity contribution in [2.45, 2.75) is 43.8 Å². The van der Waals surface area contributed by atoms with E-state index in [0.29, 0.717) is 6.42 Å². The Morgan fingerprint density at radius 3 is 2.62 bits per heavy atom. The van der Waals surface area contributed by atoms with Crippen molar-refractivity contribution in [1.82, 2.24) is 9.88 Å². The molecule has 0 saturated carbocycles. The molecule has 1 aliphatic heterocycles. The van der Waals surface area contributed by atoms with Crippen LogP contribution < -0.4 is 4.74 Å². The summed E-state index contributed by atoms with van der Waals surface area (Å²) >= 11 is 1.39. The van der Waals surface area contributed by atoms with Crippen molar-refractivity contribution in [3.63, 3.8) is 0 Å². The summed E-state index contributed by atoms with van der Waals surface area (Å²) < 4.78 is 29.5. The fourth-order valence-electron chi connectivity index (χ4n) is 4.45. The lowest BCUT2D eigenvalue weighted by Crippen LogP contribution is -2.47. The molecule has 2 aromatic carbocycles. The van der Waals surface area contributed by atoms with Crippen LogP contribution in [-0.4, -0.2) is 60.7 Å². The number of nitrogens with zero attached hydrogens (tertiary/aromatic N) is 2. The van der Waals surface area contributed by atoms with Gasteiger partial charge in [0.15, 0.2) is 9.84 Å². The molecule has 8 heteroatoms. The largest absolute Gasteiger partial charge is 0.497 e. The van der Waals surface area contributed by atoms with Gasteiger partial charge in [-0.05, 0) is 49.1 Å². The van der Waals surface area contributed by atoms with Gasteiger partial charge in [0, 0.05) is 23.5 Å². The number of carbonyl (C=O) groups is 1. The lowest BCUT2D eigenvalue weighted by Gasteiger charge is -2.33. The number of methoxy groups -OCH3 is 1. The fourth-order valence-corrected chi connectivity index (χ4v) is 6.95. The van der Waals surface area contributed by atoms with E-state index in [9.17, 15) is 13.2 Å². The Morgan fingerprint density at radius 1 is 1.21 bits per heavy atom. The number of pyridine rings is 1. The zero-order chi connectivity index (χ0) is 24.3. The summed E-state index contributed by atoms with van der Waals surface area (Å²) in [6, 6.07) is 17.7. The molecule has 0 unspecified atom stereocenters. The van der Waals surface area contributed by atoms with Gasteiger partial charge in [-0.25, -0.2) is 13.4 Å². The van der Waals surface area contributed by atoms with E-state index in [1.54, 1.807) is 12.0 Å². The van der Waals surface area contributed by atoms with Crippen LogP contribution in [0.2, 0.25) is 0 Å². The second-order valence-corrected chi connectivity index (χ2v) is 11.9. The molecule has 3 aromatic rings. The monoisotopic (exact) mass is 498 g/mol. The number of fused-ring (bicyclic) bond motifs is 1. The molecule has 6 nitrogen and oxygen atoms in total. The third-order valence-electron chi connectivity index (χ3n) is 6.38. The Bertz CT molecular complexity index is 1280. The predicted octanol–water partition coefficient (Wildman–Crippen LogP) is 4.82. The van der Waals surface area contributed by atoms with Crippen LogP contribution in [0.4, 0.5) is 0 Å². The molecule has 0 aliphatic carbocycles. The molecule has 0 spiro atoms. The average Bonchev–Trinajstić information content (AvgIpc) is 3.21. The molecule has 2 atom stereocenters. The van der Waals surface area contributed by atoms with Crippen molar-refractivity contribution in [2.24, 2.45) is 0 Å². The van der Waals surface area contributed by atoms with E-state index in [-0.39, 0.29) is 35.2 Å². The van der Waals surface area contributed by atoms with Crippen LogP contribution in [0.3, 0.4) is 0 Å². The van der Waals surface area contributed by atoms with Gasteiger partial charge in [0.05, 0.1) is 34.9 Å². The third kappa shape index (κ3) is 5.39. The molecule has 180 valence electrons. The summed E-state index contributed by atoms with van der Waals surface area (Å²) in [7, 11) is -1.45. The smallest absolute Gasteiger partial charge is 0.233 e. The topological polar surface area (TPSA) is 76.6 Å². The number of aromatic nitrogens is 1. The Hall–Kier alpha value is -2.58. The summed E-state index contributed by atoms with van der Waals surface area (Å²) in [6.07, 6.45) is 1.29. The molecular formula is C26H30N2O4S2. The molecule has 1 aliphatic rings. The molecular weight excluding hydrogens is 468 g/mol. The van der Waals surface area contributed by atoms with E-state index in [4.69, 9.17) is 9.72 Å². The molecule has 1 aromatic heterocycles. The minimum atomic E-state index is -3.07. The number of amides is 1. The van der Waals surface area contributed by atoms with Crippen LogP contribution in [-0.2, 0) is 14.6 Å². The molecule has 4 rings (SSSR count). The lowest BCUT2D eigenvalue weighted by molar-refractivity contribution is -0.132. The van der Waals surface area contributed by atoms with E-state index < -0.39 is 9.84 Å². The first kappa shape index (κ1) is 24.5. The van der Waals surface area contributed by atoms with Crippen LogP contribution in [0.15, 0.2) is 59.6 Å². The van der Waals surface area contributed by atoms with Gasteiger partial charge in [-0.15, -0.1) is 0 Å². The maximum Gasteiger partial charge on any atom is 0.233 e. The van der Waals surface area contributed by atoms with Crippen molar-refractivity contribution < 1.29 is 17.9 Å². The molecule has 1 amide bonds. The first-order valence-corrected chi connectivity index (χ1v) is 14.3. The maximum absolute atomic E-state index is 13.3. The molecule has 2 heterocycles. The third-order valence-corrected chi connectivity index (χ3v) is 9.02. The first-order valence-electron chi connectivity index (χ1n) is 11.5. The number of ether oxygens (including phenoxy) is 1. The van der Waals surface area contributed by atoms with Gasteiger partial charge in [-0.1, -0.05) is 49.0 Å². The van der Waals surface area contributed by atoms with Gasteiger partial charge >= 0.3 is 0 Å². The predicted molar refractivity (Wildman–Crippen MR) is 138 cm³/mol. The quantitative estimate of drug-likeness (QED) is 0.415. The standard InChI is InChI=1S/C26H30N2O4S2/c1-4-18(2)28(20-12-13-34(30,31)17-20)26(29)16-33-25-15-23(19-8-6-5-7-9-19)22-11-10-21(32-3)14-24(22)27-25/h5-11,14-15,18,20H,4,12-13,16-17H2,1-3H3/t18-,20+/m0/s1. The fraction of sp³-hybridized carbons (Fsp3) is 0.385. The first-order chi connectivity index (χ1) is 16.3. The number of thioether (sulfide) groups is 1. The molecule has 34 heavy (non-hydrogen) atoms. The summed E-state index contributed by atoms with van der Waals surface area (Å²) in [6.45, 7) is 4.01. The van der Waals surface area contributed by atoms with Crippen molar-refractivity contribution in [3.8, 4) is 16.9 Å². The second-order valence-electron chi connectivity index (χ2n) is 8.66. The van der Waals surface area contributed by atoms with Crippen molar-refractivity contribution in [2.75, 3.05) is 24.4 Å². The zero-order valence-corrected chi connectivity index (χ0v) is 21.4. The summed E-state index contributed by atoms with van der Waals surface area (Å²) in [5.74, 6) is 1.09. The van der Waals surface area contributed by atoms with E-state index in [2.05, 4.69) is 12.1 Å². The van der Waals surface area contributed by atoms with Crippen LogP contribution in [0.1, 0.15) is 26.7 Å². The highest BCUT2D eigenvalue weighted by atomic mass is 32.2. The van der Waals surface area contributed by atoms with Crippen LogP contribution in [0.25, 0.3) is 22.0 Å². The summed E-state index contributed by atoms with van der Waals surface area (Å²) in [5.41, 5.74) is 2.92. The highest BCUT2D eigenvalue weighted by molar-refractivity contribution is 7.99. The SMILES string of the molecule is CC[C@H](C)N(C(=O)CSc1cc(-c2ccccc2)c2ccc(OC)cc2n1)[C@@H]1CCS(=O)(=O)C1. The Morgan fingerprint density at radius 2 is 1.97 bits per heavy atom.